The van der Waals surface area contributed by atoms with Crippen LogP contribution in [0, 0.1) is 0 Å². The Morgan fingerprint density at radius 3 is 2.80 bits per heavy atom. The highest BCUT2D eigenvalue weighted by Crippen LogP contribution is 2.50. The van der Waals surface area contributed by atoms with Gasteiger partial charge in [0.1, 0.15) is 6.10 Å². The fourth-order valence-electron chi connectivity index (χ4n) is 2.45. The topological polar surface area (TPSA) is 21.8 Å². The molecular weight excluding hydrogens is 188 g/mol. The Labute approximate surface area is 90.2 Å². The van der Waals surface area contributed by atoms with E-state index in [1.165, 1.54) is 5.56 Å². The van der Waals surface area contributed by atoms with Gasteiger partial charge in [-0.2, -0.15) is 0 Å². The maximum Gasteiger partial charge on any atom is 0.113 e. The van der Waals surface area contributed by atoms with Crippen molar-refractivity contribution in [3.8, 4) is 0 Å². The first-order valence-electron chi connectivity index (χ1n) is 5.61. The lowest BCUT2D eigenvalue weighted by atomic mass is 10.1. The highest BCUT2D eigenvalue weighted by atomic mass is 16.6. The summed E-state index contributed by atoms with van der Waals surface area (Å²) in [5.41, 5.74) is 1.40. The maximum atomic E-state index is 5.88. The molecule has 80 valence electrons. The summed E-state index contributed by atoms with van der Waals surface area (Å²) in [6.07, 6.45) is 2.97. The van der Waals surface area contributed by atoms with Crippen molar-refractivity contribution in [2.24, 2.45) is 0 Å². The van der Waals surface area contributed by atoms with Gasteiger partial charge in [0.05, 0.1) is 18.3 Å². The molecule has 1 aliphatic carbocycles. The molecule has 2 fully saturated rings. The van der Waals surface area contributed by atoms with Crippen molar-refractivity contribution >= 4 is 0 Å². The predicted molar refractivity (Wildman–Crippen MR) is 57.5 cm³/mol. The van der Waals surface area contributed by atoms with Crippen LogP contribution in [0.25, 0.3) is 0 Å². The number of benzene rings is 1. The molecule has 1 aliphatic heterocycles. The van der Waals surface area contributed by atoms with Crippen LogP contribution in [0.4, 0.5) is 0 Å². The van der Waals surface area contributed by atoms with E-state index in [4.69, 9.17) is 9.47 Å². The Kier molecular flexibility index (Phi) is 2.08. The Bertz CT molecular complexity index is 349. The van der Waals surface area contributed by atoms with E-state index in [9.17, 15) is 0 Å². The van der Waals surface area contributed by atoms with Crippen LogP contribution in [0.3, 0.4) is 0 Å². The zero-order valence-corrected chi connectivity index (χ0v) is 8.98. The summed E-state index contributed by atoms with van der Waals surface area (Å²) in [5.74, 6) is 0. The molecule has 1 saturated heterocycles. The molecule has 2 aliphatic rings. The maximum absolute atomic E-state index is 5.88. The van der Waals surface area contributed by atoms with Crippen LogP contribution in [0.1, 0.15) is 25.3 Å². The molecule has 1 aromatic rings. The number of rotatable bonds is 3. The molecule has 0 radical (unpaired) electrons. The minimum atomic E-state index is 0.154. The summed E-state index contributed by atoms with van der Waals surface area (Å²) in [7, 11) is 0. The summed E-state index contributed by atoms with van der Waals surface area (Å²) in [5, 5.41) is 0. The third-order valence-corrected chi connectivity index (χ3v) is 3.51. The average Bonchev–Trinajstić information content (AvgIpc) is 2.84. The third-order valence-electron chi connectivity index (χ3n) is 3.51. The smallest absolute Gasteiger partial charge is 0.113 e. The molecule has 0 spiro atoms. The van der Waals surface area contributed by atoms with E-state index in [2.05, 4.69) is 19.1 Å². The third kappa shape index (κ3) is 1.68. The summed E-state index contributed by atoms with van der Waals surface area (Å²) >= 11 is 0. The van der Waals surface area contributed by atoms with Gasteiger partial charge in [-0.15, -0.1) is 0 Å². The van der Waals surface area contributed by atoms with Crippen LogP contribution in [0.5, 0.6) is 0 Å². The van der Waals surface area contributed by atoms with Gasteiger partial charge in [-0.05, 0) is 25.3 Å². The Morgan fingerprint density at radius 2 is 2.20 bits per heavy atom. The molecule has 3 rings (SSSR count). The second-order valence-corrected chi connectivity index (χ2v) is 4.72. The first-order chi connectivity index (χ1) is 7.28. The zero-order valence-electron chi connectivity index (χ0n) is 8.98. The van der Waals surface area contributed by atoms with Crippen molar-refractivity contribution in [2.75, 3.05) is 0 Å². The molecule has 0 N–H and O–H groups in total. The predicted octanol–water partition coefficient (Wildman–Crippen LogP) is 2.52. The molecule has 0 aromatic heterocycles. The van der Waals surface area contributed by atoms with Crippen LogP contribution >= 0.6 is 0 Å². The fourth-order valence-corrected chi connectivity index (χ4v) is 2.45. The lowest BCUT2D eigenvalue weighted by Gasteiger charge is -2.11. The van der Waals surface area contributed by atoms with Crippen LogP contribution in [-0.4, -0.2) is 17.8 Å². The Morgan fingerprint density at radius 1 is 1.40 bits per heavy atom. The monoisotopic (exact) mass is 204 g/mol. The second kappa shape index (κ2) is 3.32. The van der Waals surface area contributed by atoms with Crippen molar-refractivity contribution in [3.05, 3.63) is 35.9 Å². The van der Waals surface area contributed by atoms with Gasteiger partial charge in [0.25, 0.3) is 0 Å². The molecule has 3 atom stereocenters. The molecule has 0 amide bonds. The normalized spacial score (nSPS) is 37.7. The molecule has 2 nitrogen and oxygen atoms in total. The van der Waals surface area contributed by atoms with Crippen molar-refractivity contribution in [1.82, 2.24) is 0 Å². The van der Waals surface area contributed by atoms with E-state index >= 15 is 0 Å². The van der Waals surface area contributed by atoms with E-state index in [0.717, 1.165) is 12.8 Å². The van der Waals surface area contributed by atoms with Crippen molar-refractivity contribution in [1.29, 1.82) is 0 Å². The standard InChI is InChI=1S/C13H16O2/c1-13-8-7-11(12(13)15-13)14-9-10-5-3-2-4-6-10/h2-6,11-12H,7-9H2,1H3/t11-,12-,13+/m0/s1. The van der Waals surface area contributed by atoms with E-state index in [1.54, 1.807) is 0 Å². The lowest BCUT2D eigenvalue weighted by molar-refractivity contribution is 0.0145. The lowest BCUT2D eigenvalue weighted by Crippen LogP contribution is -2.16. The van der Waals surface area contributed by atoms with Crippen LogP contribution < -0.4 is 0 Å². The number of hydrogen-bond donors (Lipinski definition) is 0. The van der Waals surface area contributed by atoms with Gasteiger partial charge in [-0.25, -0.2) is 0 Å². The Hall–Kier alpha value is -0.860. The minimum Gasteiger partial charge on any atom is -0.371 e. The minimum absolute atomic E-state index is 0.154. The highest BCUT2D eigenvalue weighted by molar-refractivity contribution is 5.14. The molecule has 1 heterocycles. The van der Waals surface area contributed by atoms with Crippen molar-refractivity contribution in [3.63, 3.8) is 0 Å². The van der Waals surface area contributed by atoms with E-state index in [0.29, 0.717) is 18.8 Å². The SMILES string of the molecule is C[C@@]12CC[C@H](OCc3ccccc3)[C@@H]1O2. The van der Waals surface area contributed by atoms with Gasteiger partial charge < -0.3 is 9.47 Å². The number of hydrogen-bond acceptors (Lipinski definition) is 2. The summed E-state index contributed by atoms with van der Waals surface area (Å²) in [6.45, 7) is 2.89. The summed E-state index contributed by atoms with van der Waals surface area (Å²) in [6, 6.07) is 10.3. The van der Waals surface area contributed by atoms with Crippen molar-refractivity contribution < 1.29 is 9.47 Å². The number of ether oxygens (including phenoxy) is 2. The van der Waals surface area contributed by atoms with E-state index in [-0.39, 0.29) is 5.60 Å². The highest BCUT2D eigenvalue weighted by Gasteiger charge is 2.61. The van der Waals surface area contributed by atoms with E-state index < -0.39 is 0 Å². The molecular formula is C13H16O2. The molecule has 2 heteroatoms. The molecule has 0 bridgehead atoms. The summed E-state index contributed by atoms with van der Waals surface area (Å²) in [4.78, 5) is 0. The first-order valence-corrected chi connectivity index (χ1v) is 5.61. The van der Waals surface area contributed by atoms with Crippen LogP contribution in [0.15, 0.2) is 30.3 Å². The average molecular weight is 204 g/mol. The quantitative estimate of drug-likeness (QED) is 0.706. The van der Waals surface area contributed by atoms with Gasteiger partial charge in [-0.1, -0.05) is 30.3 Å². The van der Waals surface area contributed by atoms with Crippen LogP contribution in [0.2, 0.25) is 0 Å². The molecule has 1 aromatic carbocycles. The van der Waals surface area contributed by atoms with E-state index in [1.807, 2.05) is 18.2 Å². The van der Waals surface area contributed by atoms with Gasteiger partial charge in [0.15, 0.2) is 0 Å². The largest absolute Gasteiger partial charge is 0.371 e. The van der Waals surface area contributed by atoms with Gasteiger partial charge in [-0.3, -0.25) is 0 Å². The van der Waals surface area contributed by atoms with Gasteiger partial charge >= 0.3 is 0 Å². The number of epoxide rings is 1. The van der Waals surface area contributed by atoms with Crippen molar-refractivity contribution in [2.45, 2.75) is 44.2 Å². The molecule has 15 heavy (non-hydrogen) atoms. The molecule has 0 unspecified atom stereocenters. The van der Waals surface area contributed by atoms with Gasteiger partial charge in [0.2, 0.25) is 0 Å². The first kappa shape index (κ1) is 9.37. The summed E-state index contributed by atoms with van der Waals surface area (Å²) < 4.78 is 11.5. The zero-order chi connectivity index (χ0) is 10.3. The Balaban J connectivity index is 1.55. The fraction of sp³-hybridized carbons (Fsp3) is 0.538. The van der Waals surface area contributed by atoms with Gasteiger partial charge in [0, 0.05) is 0 Å². The molecule has 1 saturated carbocycles. The second-order valence-electron chi connectivity index (χ2n) is 4.72. The van der Waals surface area contributed by atoms with Crippen LogP contribution in [-0.2, 0) is 16.1 Å². The number of fused-ring (bicyclic) bond motifs is 1.